The maximum absolute atomic E-state index is 12.0. The van der Waals surface area contributed by atoms with E-state index in [1.165, 1.54) is 11.3 Å². The monoisotopic (exact) mass is 399 g/mol. The molecule has 1 saturated heterocycles. The van der Waals surface area contributed by atoms with Gasteiger partial charge in [0.15, 0.2) is 0 Å². The summed E-state index contributed by atoms with van der Waals surface area (Å²) >= 11 is 8.21. The van der Waals surface area contributed by atoms with Crippen molar-refractivity contribution in [3.8, 4) is 0 Å². The van der Waals surface area contributed by atoms with E-state index in [4.69, 9.17) is 0 Å². The van der Waals surface area contributed by atoms with Crippen molar-refractivity contribution < 1.29 is 9.00 Å². The number of thiophene rings is 1. The van der Waals surface area contributed by atoms with Gasteiger partial charge in [0.1, 0.15) is 0 Å². The fraction of sp³-hybridized carbons (Fsp3) is 0.500. The van der Waals surface area contributed by atoms with Crippen molar-refractivity contribution in [3.05, 3.63) is 19.2 Å². The molecule has 1 aromatic rings. The highest BCUT2D eigenvalue weighted by molar-refractivity contribution is 9.12. The lowest BCUT2D eigenvalue weighted by molar-refractivity contribution is 0.0934. The first-order valence-electron chi connectivity index (χ1n) is 5.17. The number of hydrogen-bond acceptors (Lipinski definition) is 3. The Morgan fingerprint density at radius 2 is 2.06 bits per heavy atom. The quantitative estimate of drug-likeness (QED) is 0.829. The fourth-order valence-corrected chi connectivity index (χ4v) is 5.79. The molecule has 0 spiro atoms. The van der Waals surface area contributed by atoms with Crippen LogP contribution in [-0.4, -0.2) is 27.7 Å². The molecular formula is C10H11Br2NO2S2. The molecular weight excluding hydrogens is 390 g/mol. The van der Waals surface area contributed by atoms with E-state index < -0.39 is 10.8 Å². The summed E-state index contributed by atoms with van der Waals surface area (Å²) in [7, 11) is -0.686. The van der Waals surface area contributed by atoms with E-state index in [1.54, 1.807) is 0 Å². The number of carbonyl (C=O) groups excluding carboxylic acids is 1. The highest BCUT2D eigenvalue weighted by Gasteiger charge is 2.21. The van der Waals surface area contributed by atoms with E-state index in [2.05, 4.69) is 37.2 Å². The second kappa shape index (κ2) is 5.95. The molecule has 2 heterocycles. The SMILES string of the molecule is O=C(NC1CCS(=O)CC1)c1cc(Br)sc1Br. The van der Waals surface area contributed by atoms with Crippen LogP contribution in [0, 0.1) is 0 Å². The number of amides is 1. The number of rotatable bonds is 2. The second-order valence-corrected chi connectivity index (χ2v) is 9.28. The van der Waals surface area contributed by atoms with Gasteiger partial charge in [-0.15, -0.1) is 11.3 Å². The lowest BCUT2D eigenvalue weighted by Gasteiger charge is -2.22. The standard InChI is InChI=1S/C10H11Br2NO2S2/c11-8-5-7(9(12)16-8)10(14)13-6-1-3-17(15)4-2-6/h5-6H,1-4H2,(H,13,14). The minimum Gasteiger partial charge on any atom is -0.349 e. The van der Waals surface area contributed by atoms with Crippen LogP contribution >= 0.6 is 43.2 Å². The molecule has 1 aliphatic rings. The zero-order valence-electron chi connectivity index (χ0n) is 8.87. The zero-order valence-corrected chi connectivity index (χ0v) is 13.7. The predicted molar refractivity (Wildman–Crippen MR) is 78.1 cm³/mol. The van der Waals surface area contributed by atoms with Crippen LogP contribution in [0.5, 0.6) is 0 Å². The molecule has 7 heteroatoms. The van der Waals surface area contributed by atoms with Gasteiger partial charge >= 0.3 is 0 Å². The molecule has 2 rings (SSSR count). The molecule has 0 bridgehead atoms. The summed E-state index contributed by atoms with van der Waals surface area (Å²) in [5.74, 6) is 1.33. The minimum atomic E-state index is -0.686. The largest absolute Gasteiger partial charge is 0.349 e. The highest BCUT2D eigenvalue weighted by Crippen LogP contribution is 2.31. The van der Waals surface area contributed by atoms with Crippen molar-refractivity contribution in [2.45, 2.75) is 18.9 Å². The van der Waals surface area contributed by atoms with Gasteiger partial charge in [0.2, 0.25) is 0 Å². The average Bonchev–Trinajstić information content (AvgIpc) is 2.61. The molecule has 94 valence electrons. The van der Waals surface area contributed by atoms with Crippen molar-refractivity contribution in [3.63, 3.8) is 0 Å². The molecule has 1 amide bonds. The molecule has 0 aromatic carbocycles. The molecule has 1 N–H and O–H groups in total. The first kappa shape index (κ1) is 13.7. The van der Waals surface area contributed by atoms with Crippen LogP contribution in [0.25, 0.3) is 0 Å². The Bertz CT molecular complexity index is 451. The molecule has 0 radical (unpaired) electrons. The lowest BCUT2D eigenvalue weighted by Crippen LogP contribution is -2.39. The molecule has 1 aliphatic heterocycles. The third-order valence-corrected chi connectivity index (χ3v) is 6.35. The maximum atomic E-state index is 12.0. The van der Waals surface area contributed by atoms with E-state index in [0.29, 0.717) is 17.1 Å². The third-order valence-electron chi connectivity index (χ3n) is 2.62. The third kappa shape index (κ3) is 3.62. The van der Waals surface area contributed by atoms with Gasteiger partial charge in [-0.25, -0.2) is 0 Å². The molecule has 0 saturated carbocycles. The predicted octanol–water partition coefficient (Wildman–Crippen LogP) is 2.91. The van der Waals surface area contributed by atoms with Gasteiger partial charge in [0.25, 0.3) is 5.91 Å². The summed E-state index contributed by atoms with van der Waals surface area (Å²) in [5.41, 5.74) is 0.661. The minimum absolute atomic E-state index is 0.0588. The van der Waals surface area contributed by atoms with Crippen molar-refractivity contribution in [1.82, 2.24) is 5.32 Å². The molecule has 3 nitrogen and oxygen atoms in total. The van der Waals surface area contributed by atoms with Crippen LogP contribution in [0.4, 0.5) is 0 Å². The number of halogens is 2. The maximum Gasteiger partial charge on any atom is 0.253 e. The average molecular weight is 401 g/mol. The van der Waals surface area contributed by atoms with Gasteiger partial charge in [-0.1, -0.05) is 0 Å². The van der Waals surface area contributed by atoms with Gasteiger partial charge in [-0.05, 0) is 50.8 Å². The Hall–Kier alpha value is 0.280. The fourth-order valence-electron chi connectivity index (χ4n) is 1.70. The van der Waals surface area contributed by atoms with Gasteiger partial charge in [0, 0.05) is 28.3 Å². The van der Waals surface area contributed by atoms with Crippen molar-refractivity contribution >= 4 is 59.9 Å². The molecule has 0 unspecified atom stereocenters. The molecule has 0 atom stereocenters. The van der Waals surface area contributed by atoms with Crippen molar-refractivity contribution in [1.29, 1.82) is 0 Å². The van der Waals surface area contributed by atoms with E-state index in [1.807, 2.05) is 6.07 Å². The van der Waals surface area contributed by atoms with Crippen LogP contribution in [-0.2, 0) is 10.8 Å². The van der Waals surface area contributed by atoms with E-state index in [-0.39, 0.29) is 11.9 Å². The molecule has 17 heavy (non-hydrogen) atoms. The summed E-state index contributed by atoms with van der Waals surface area (Å²) in [6.45, 7) is 0. The summed E-state index contributed by atoms with van der Waals surface area (Å²) in [6.07, 6.45) is 1.61. The summed E-state index contributed by atoms with van der Waals surface area (Å²) < 4.78 is 13.0. The smallest absolute Gasteiger partial charge is 0.253 e. The Balaban J connectivity index is 1.97. The Morgan fingerprint density at radius 1 is 1.41 bits per heavy atom. The Kier molecular flexibility index (Phi) is 4.80. The lowest BCUT2D eigenvalue weighted by atomic mass is 10.1. The van der Waals surface area contributed by atoms with Crippen LogP contribution in [0.1, 0.15) is 23.2 Å². The topological polar surface area (TPSA) is 46.2 Å². The van der Waals surface area contributed by atoms with E-state index in [9.17, 15) is 9.00 Å². The Labute approximate surface area is 123 Å². The van der Waals surface area contributed by atoms with Gasteiger partial charge < -0.3 is 5.32 Å². The van der Waals surface area contributed by atoms with Gasteiger partial charge in [-0.3, -0.25) is 9.00 Å². The number of carbonyl (C=O) groups is 1. The molecule has 1 aromatic heterocycles. The van der Waals surface area contributed by atoms with Gasteiger partial charge in [-0.2, -0.15) is 0 Å². The van der Waals surface area contributed by atoms with Crippen molar-refractivity contribution in [2.75, 3.05) is 11.5 Å². The summed E-state index contributed by atoms with van der Waals surface area (Å²) in [4.78, 5) is 12.0. The first-order chi connectivity index (χ1) is 8.06. The van der Waals surface area contributed by atoms with Crippen molar-refractivity contribution in [2.24, 2.45) is 0 Å². The number of hydrogen-bond donors (Lipinski definition) is 1. The molecule has 1 fully saturated rings. The number of nitrogens with one attached hydrogen (secondary N) is 1. The summed E-state index contributed by atoms with van der Waals surface area (Å²) in [6, 6.07) is 1.97. The van der Waals surface area contributed by atoms with Gasteiger partial charge in [0.05, 0.1) is 13.1 Å². The first-order valence-corrected chi connectivity index (χ1v) is 9.06. The Morgan fingerprint density at radius 3 is 2.59 bits per heavy atom. The highest BCUT2D eigenvalue weighted by atomic mass is 79.9. The van der Waals surface area contributed by atoms with Crippen LogP contribution in [0.2, 0.25) is 0 Å². The van der Waals surface area contributed by atoms with E-state index >= 15 is 0 Å². The van der Waals surface area contributed by atoms with Crippen LogP contribution in [0.3, 0.4) is 0 Å². The van der Waals surface area contributed by atoms with Crippen LogP contribution in [0.15, 0.2) is 13.6 Å². The summed E-state index contributed by atoms with van der Waals surface area (Å²) in [5, 5.41) is 2.99. The van der Waals surface area contributed by atoms with E-state index in [0.717, 1.165) is 20.4 Å². The van der Waals surface area contributed by atoms with Crippen LogP contribution < -0.4 is 5.32 Å². The second-order valence-electron chi connectivity index (χ2n) is 3.83. The normalized spacial score (nSPS) is 24.6. The zero-order chi connectivity index (χ0) is 12.4. The molecule has 0 aliphatic carbocycles.